The third-order valence-electron chi connectivity index (χ3n) is 4.18. The number of benzene rings is 2. The van der Waals surface area contributed by atoms with Gasteiger partial charge in [0, 0.05) is 0 Å². The van der Waals surface area contributed by atoms with E-state index in [-0.39, 0.29) is 18.7 Å². The Morgan fingerprint density at radius 3 is 2.03 bits per heavy atom. The summed E-state index contributed by atoms with van der Waals surface area (Å²) in [6, 6.07) is 13.7. The smallest absolute Gasteiger partial charge is 0.241 e. The summed E-state index contributed by atoms with van der Waals surface area (Å²) < 4.78 is 36.3. The summed E-state index contributed by atoms with van der Waals surface area (Å²) in [7, 11) is -2.06. The van der Waals surface area contributed by atoms with Crippen molar-refractivity contribution in [3.05, 3.63) is 54.1 Å². The first-order chi connectivity index (χ1) is 13.6. The van der Waals surface area contributed by atoms with Crippen LogP contribution < -0.4 is 19.1 Å². The lowest BCUT2D eigenvalue weighted by Crippen LogP contribution is -2.41. The van der Waals surface area contributed by atoms with Crippen molar-refractivity contribution in [3.63, 3.8) is 0 Å². The molecule has 0 aromatic heterocycles. The Bertz CT molecular complexity index is 909. The Morgan fingerprint density at radius 2 is 1.55 bits per heavy atom. The van der Waals surface area contributed by atoms with Gasteiger partial charge in [-0.05, 0) is 62.7 Å². The van der Waals surface area contributed by atoms with E-state index in [1.807, 2.05) is 45.0 Å². The van der Waals surface area contributed by atoms with Crippen LogP contribution in [0.3, 0.4) is 0 Å². The van der Waals surface area contributed by atoms with Crippen LogP contribution in [0, 0.1) is 0 Å². The molecule has 0 heterocycles. The van der Waals surface area contributed by atoms with Crippen molar-refractivity contribution in [2.24, 2.45) is 0 Å². The molecule has 0 spiro atoms. The third-order valence-corrected chi connectivity index (χ3v) is 5.32. The average Bonchev–Trinajstić information content (AvgIpc) is 2.65. The summed E-state index contributed by atoms with van der Waals surface area (Å²) in [5.41, 5.74) is 1.29. The minimum atomic E-state index is -3.64. The predicted octanol–water partition coefficient (Wildman–Crippen LogP) is 3.13. The highest BCUT2D eigenvalue weighted by Crippen LogP contribution is 2.23. The summed E-state index contributed by atoms with van der Waals surface area (Å²) in [4.78, 5) is 12.5. The lowest BCUT2D eigenvalue weighted by atomic mass is 10.1. The summed E-state index contributed by atoms with van der Waals surface area (Å²) >= 11 is 0. The fourth-order valence-electron chi connectivity index (χ4n) is 2.76. The Labute approximate surface area is 172 Å². The number of methoxy groups -OCH3 is 1. The van der Waals surface area contributed by atoms with Crippen LogP contribution in [0.25, 0.3) is 0 Å². The molecule has 0 saturated heterocycles. The largest absolute Gasteiger partial charge is 0.497 e. The molecule has 0 aliphatic rings. The van der Waals surface area contributed by atoms with Crippen LogP contribution in [0.1, 0.15) is 32.4 Å². The molecule has 2 aromatic carbocycles. The van der Waals surface area contributed by atoms with Crippen LogP contribution in [0.15, 0.2) is 48.5 Å². The molecule has 0 aliphatic carbocycles. The van der Waals surface area contributed by atoms with Crippen molar-refractivity contribution in [1.29, 1.82) is 0 Å². The number of hydrogen-bond acceptors (Lipinski definition) is 5. The van der Waals surface area contributed by atoms with Crippen LogP contribution in [-0.2, 0) is 14.8 Å². The molecule has 1 N–H and O–H groups in total. The Balaban J connectivity index is 2.10. The van der Waals surface area contributed by atoms with Gasteiger partial charge < -0.3 is 14.8 Å². The van der Waals surface area contributed by atoms with E-state index in [9.17, 15) is 13.2 Å². The van der Waals surface area contributed by atoms with Gasteiger partial charge in [0.1, 0.15) is 18.0 Å². The van der Waals surface area contributed by atoms with E-state index in [4.69, 9.17) is 9.47 Å². The van der Waals surface area contributed by atoms with Gasteiger partial charge in [-0.1, -0.05) is 12.1 Å². The fourth-order valence-corrected chi connectivity index (χ4v) is 3.61. The SMILES string of the molecule is COc1ccc([C@@H](C)NC(=O)CN(c2ccc(OC(C)C)cc2)S(C)(=O)=O)cc1. The topological polar surface area (TPSA) is 84.9 Å². The van der Waals surface area contributed by atoms with Gasteiger partial charge in [-0.25, -0.2) is 8.42 Å². The van der Waals surface area contributed by atoms with E-state index in [0.29, 0.717) is 11.4 Å². The maximum absolute atomic E-state index is 12.5. The number of anilines is 1. The fraction of sp³-hybridized carbons (Fsp3) is 0.381. The summed E-state index contributed by atoms with van der Waals surface area (Å²) in [6.45, 7) is 5.34. The second-order valence-corrected chi connectivity index (χ2v) is 8.90. The number of carbonyl (C=O) groups excluding carboxylic acids is 1. The quantitative estimate of drug-likeness (QED) is 0.674. The second-order valence-electron chi connectivity index (χ2n) is 6.99. The first-order valence-corrected chi connectivity index (χ1v) is 11.1. The molecular weight excluding hydrogens is 392 g/mol. The van der Waals surface area contributed by atoms with E-state index in [1.54, 1.807) is 31.4 Å². The van der Waals surface area contributed by atoms with Crippen molar-refractivity contribution >= 4 is 21.6 Å². The Hall–Kier alpha value is -2.74. The van der Waals surface area contributed by atoms with E-state index >= 15 is 0 Å². The standard InChI is InChI=1S/C21H28N2O5S/c1-15(2)28-20-12-8-18(9-13-20)23(29(5,25)26)14-21(24)22-16(3)17-6-10-19(27-4)11-7-17/h6-13,15-16H,14H2,1-5H3,(H,22,24)/t16-/m1/s1. The summed E-state index contributed by atoms with van der Waals surface area (Å²) in [6.07, 6.45) is 1.09. The van der Waals surface area contributed by atoms with Gasteiger partial charge in [0.25, 0.3) is 0 Å². The molecule has 158 valence electrons. The van der Waals surface area contributed by atoms with Crippen molar-refractivity contribution in [2.75, 3.05) is 24.2 Å². The molecular formula is C21H28N2O5S. The summed E-state index contributed by atoms with van der Waals surface area (Å²) in [5, 5.41) is 2.83. The number of nitrogens with one attached hydrogen (secondary N) is 1. The number of sulfonamides is 1. The minimum Gasteiger partial charge on any atom is -0.497 e. The lowest BCUT2D eigenvalue weighted by molar-refractivity contribution is -0.120. The van der Waals surface area contributed by atoms with Gasteiger partial charge >= 0.3 is 0 Å². The van der Waals surface area contributed by atoms with Crippen molar-refractivity contribution in [1.82, 2.24) is 5.32 Å². The number of hydrogen-bond donors (Lipinski definition) is 1. The molecule has 1 amide bonds. The van der Waals surface area contributed by atoms with Crippen LogP contribution >= 0.6 is 0 Å². The van der Waals surface area contributed by atoms with Crippen LogP contribution in [0.2, 0.25) is 0 Å². The van der Waals surface area contributed by atoms with Gasteiger partial charge in [-0.3, -0.25) is 9.10 Å². The number of amides is 1. The molecule has 0 radical (unpaired) electrons. The molecule has 2 rings (SSSR count). The average molecular weight is 421 g/mol. The van der Waals surface area contributed by atoms with E-state index in [1.165, 1.54) is 0 Å². The summed E-state index contributed by atoms with van der Waals surface area (Å²) in [5.74, 6) is 0.955. The molecule has 0 unspecified atom stereocenters. The molecule has 1 atom stereocenters. The zero-order valence-corrected chi connectivity index (χ0v) is 18.2. The van der Waals surface area contributed by atoms with Crippen LogP contribution in [0.5, 0.6) is 11.5 Å². The van der Waals surface area contributed by atoms with Crippen LogP contribution in [-0.4, -0.2) is 40.3 Å². The normalized spacial score (nSPS) is 12.3. The lowest BCUT2D eigenvalue weighted by Gasteiger charge is -2.23. The zero-order valence-electron chi connectivity index (χ0n) is 17.4. The number of rotatable bonds is 9. The van der Waals surface area contributed by atoms with Crippen LogP contribution in [0.4, 0.5) is 5.69 Å². The van der Waals surface area contributed by atoms with Crippen molar-refractivity contribution < 1.29 is 22.7 Å². The van der Waals surface area contributed by atoms with Crippen molar-refractivity contribution in [3.8, 4) is 11.5 Å². The minimum absolute atomic E-state index is 0.0112. The number of ether oxygens (including phenoxy) is 2. The molecule has 0 fully saturated rings. The Kier molecular flexibility index (Phi) is 7.50. The van der Waals surface area contributed by atoms with E-state index < -0.39 is 15.9 Å². The van der Waals surface area contributed by atoms with Gasteiger partial charge in [0.05, 0.1) is 31.2 Å². The van der Waals surface area contributed by atoms with Gasteiger partial charge in [-0.15, -0.1) is 0 Å². The van der Waals surface area contributed by atoms with E-state index in [0.717, 1.165) is 21.9 Å². The first kappa shape index (κ1) is 22.5. The highest BCUT2D eigenvalue weighted by atomic mass is 32.2. The Morgan fingerprint density at radius 1 is 1.00 bits per heavy atom. The molecule has 0 bridgehead atoms. The van der Waals surface area contributed by atoms with Gasteiger partial charge in [0.2, 0.25) is 15.9 Å². The molecule has 8 heteroatoms. The second kappa shape index (κ2) is 9.65. The van der Waals surface area contributed by atoms with Gasteiger partial charge in [0.15, 0.2) is 0 Å². The van der Waals surface area contributed by atoms with Crippen molar-refractivity contribution in [2.45, 2.75) is 32.9 Å². The predicted molar refractivity (Wildman–Crippen MR) is 114 cm³/mol. The first-order valence-electron chi connectivity index (χ1n) is 9.28. The highest BCUT2D eigenvalue weighted by molar-refractivity contribution is 7.92. The third kappa shape index (κ3) is 6.67. The molecule has 7 nitrogen and oxygen atoms in total. The van der Waals surface area contributed by atoms with Gasteiger partial charge in [-0.2, -0.15) is 0 Å². The molecule has 0 aliphatic heterocycles. The van der Waals surface area contributed by atoms with E-state index in [2.05, 4.69) is 5.32 Å². The maximum Gasteiger partial charge on any atom is 0.241 e. The zero-order chi connectivity index (χ0) is 21.6. The maximum atomic E-state index is 12.5. The monoisotopic (exact) mass is 420 g/mol. The highest BCUT2D eigenvalue weighted by Gasteiger charge is 2.22. The molecule has 2 aromatic rings. The number of nitrogens with zero attached hydrogens (tertiary/aromatic N) is 1. The number of carbonyl (C=O) groups is 1. The molecule has 29 heavy (non-hydrogen) atoms. The molecule has 0 saturated carbocycles.